The number of nitrogens with one attached hydrogen (secondary N) is 1. The third kappa shape index (κ3) is 2.94. The lowest BCUT2D eigenvalue weighted by Crippen LogP contribution is -2.49. The number of carbonyl (C=O) groups is 1. The Kier molecular flexibility index (Phi) is 3.86. The Morgan fingerprint density at radius 3 is 3.00 bits per heavy atom. The van der Waals surface area contributed by atoms with Gasteiger partial charge >= 0.3 is 5.97 Å². The van der Waals surface area contributed by atoms with E-state index in [-0.39, 0.29) is 6.42 Å². The number of rotatable bonds is 4. The number of alkyl halides is 1. The van der Waals surface area contributed by atoms with Crippen molar-refractivity contribution >= 4 is 5.97 Å². The summed E-state index contributed by atoms with van der Waals surface area (Å²) in [5, 5.41) is 11.6. The van der Waals surface area contributed by atoms with E-state index in [1.807, 2.05) is 6.92 Å². The second-order valence-corrected chi connectivity index (χ2v) is 4.05. The molecule has 82 valence electrons. The minimum atomic E-state index is -1.26. The molecule has 0 bridgehead atoms. The van der Waals surface area contributed by atoms with Crippen LogP contribution in [0.4, 0.5) is 4.39 Å². The minimum Gasteiger partial charge on any atom is -0.480 e. The summed E-state index contributed by atoms with van der Waals surface area (Å²) in [4.78, 5) is 10.7. The van der Waals surface area contributed by atoms with Crippen molar-refractivity contribution in [2.24, 2.45) is 0 Å². The molecule has 4 heteroatoms. The van der Waals surface area contributed by atoms with E-state index < -0.39 is 17.7 Å². The number of hydrogen-bond acceptors (Lipinski definition) is 2. The molecule has 0 saturated carbocycles. The van der Waals surface area contributed by atoms with E-state index in [0.717, 1.165) is 12.8 Å². The topological polar surface area (TPSA) is 49.3 Å². The van der Waals surface area contributed by atoms with E-state index in [1.54, 1.807) is 0 Å². The van der Waals surface area contributed by atoms with Crippen LogP contribution in [0, 0.1) is 0 Å². The lowest BCUT2D eigenvalue weighted by molar-refractivity contribution is -0.141. The monoisotopic (exact) mass is 203 g/mol. The van der Waals surface area contributed by atoms with Gasteiger partial charge < -0.3 is 10.4 Å². The predicted molar refractivity (Wildman–Crippen MR) is 52.0 cm³/mol. The molecule has 1 rings (SSSR count). The Balaban J connectivity index is 2.48. The maximum absolute atomic E-state index is 14.1. The fourth-order valence-corrected chi connectivity index (χ4v) is 1.91. The van der Waals surface area contributed by atoms with Gasteiger partial charge in [0.05, 0.1) is 0 Å². The molecule has 0 aromatic carbocycles. The number of carboxylic acids is 1. The molecule has 0 spiro atoms. The maximum Gasteiger partial charge on any atom is 0.320 e. The Morgan fingerprint density at radius 1 is 1.71 bits per heavy atom. The summed E-state index contributed by atoms with van der Waals surface area (Å²) in [5.74, 6) is -0.941. The van der Waals surface area contributed by atoms with Crippen molar-refractivity contribution in [3.05, 3.63) is 0 Å². The van der Waals surface area contributed by atoms with Gasteiger partial charge in [0.15, 0.2) is 0 Å². The Bertz CT molecular complexity index is 210. The van der Waals surface area contributed by atoms with Crippen LogP contribution >= 0.6 is 0 Å². The minimum absolute atomic E-state index is 0.113. The van der Waals surface area contributed by atoms with Crippen molar-refractivity contribution in [3.63, 3.8) is 0 Å². The lowest BCUT2D eigenvalue weighted by Gasteiger charge is -2.33. The predicted octanol–water partition coefficient (Wildman–Crippen LogP) is 1.72. The number of unbranched alkanes of at least 4 members (excludes halogenated alkanes) is 1. The summed E-state index contributed by atoms with van der Waals surface area (Å²) < 4.78 is 14.1. The van der Waals surface area contributed by atoms with Gasteiger partial charge in [-0.05, 0) is 19.4 Å². The first-order valence-corrected chi connectivity index (χ1v) is 5.22. The molecule has 0 aliphatic carbocycles. The number of piperidine rings is 1. The number of aliphatic carboxylic acids is 1. The molecule has 0 aromatic rings. The van der Waals surface area contributed by atoms with Crippen molar-refractivity contribution in [2.75, 3.05) is 6.54 Å². The number of halogens is 1. The zero-order chi connectivity index (χ0) is 10.6. The van der Waals surface area contributed by atoms with E-state index >= 15 is 0 Å². The normalized spacial score (nSPS) is 32.9. The molecule has 1 saturated heterocycles. The van der Waals surface area contributed by atoms with Gasteiger partial charge in [0, 0.05) is 6.42 Å². The first-order valence-electron chi connectivity index (χ1n) is 5.22. The smallest absolute Gasteiger partial charge is 0.320 e. The van der Waals surface area contributed by atoms with Crippen LogP contribution in [0.2, 0.25) is 0 Å². The highest BCUT2D eigenvalue weighted by molar-refractivity contribution is 5.73. The van der Waals surface area contributed by atoms with Crippen LogP contribution < -0.4 is 5.32 Å². The molecule has 1 fully saturated rings. The lowest BCUT2D eigenvalue weighted by atomic mass is 9.85. The molecule has 3 nitrogen and oxygen atoms in total. The maximum atomic E-state index is 14.1. The Morgan fingerprint density at radius 2 is 2.43 bits per heavy atom. The van der Waals surface area contributed by atoms with Crippen molar-refractivity contribution in [1.82, 2.24) is 5.32 Å². The van der Waals surface area contributed by atoms with E-state index in [4.69, 9.17) is 5.11 Å². The largest absolute Gasteiger partial charge is 0.480 e. The summed E-state index contributed by atoms with van der Waals surface area (Å²) >= 11 is 0. The van der Waals surface area contributed by atoms with Gasteiger partial charge in [-0.25, -0.2) is 4.39 Å². The van der Waals surface area contributed by atoms with Crippen molar-refractivity contribution in [2.45, 2.75) is 50.7 Å². The van der Waals surface area contributed by atoms with E-state index in [1.165, 1.54) is 0 Å². The Hall–Kier alpha value is -0.640. The zero-order valence-corrected chi connectivity index (χ0v) is 8.55. The van der Waals surface area contributed by atoms with Crippen LogP contribution in [-0.4, -0.2) is 29.3 Å². The molecular weight excluding hydrogens is 185 g/mol. The van der Waals surface area contributed by atoms with Crippen LogP contribution in [0.15, 0.2) is 0 Å². The van der Waals surface area contributed by atoms with Gasteiger partial charge in [-0.2, -0.15) is 0 Å². The standard InChI is InChI=1S/C10H18FNO2/c1-2-3-4-10(11)5-6-12-8(7-10)9(13)14/h8,12H,2-7H2,1H3,(H,13,14). The average molecular weight is 203 g/mol. The molecular formula is C10H18FNO2. The van der Waals surface area contributed by atoms with Crippen LogP contribution in [0.1, 0.15) is 39.0 Å². The molecule has 1 heterocycles. The summed E-state index contributed by atoms with van der Waals surface area (Å²) in [6.45, 7) is 2.48. The van der Waals surface area contributed by atoms with E-state index in [9.17, 15) is 9.18 Å². The number of carboxylic acid groups (broad SMARTS) is 1. The summed E-state index contributed by atoms with van der Waals surface area (Å²) in [5.41, 5.74) is -1.26. The zero-order valence-electron chi connectivity index (χ0n) is 8.55. The second-order valence-electron chi connectivity index (χ2n) is 4.05. The van der Waals surface area contributed by atoms with Crippen LogP contribution in [0.5, 0.6) is 0 Å². The Labute approximate surface area is 83.7 Å². The molecule has 14 heavy (non-hydrogen) atoms. The first-order chi connectivity index (χ1) is 6.57. The summed E-state index contributed by atoms with van der Waals surface area (Å²) in [6.07, 6.45) is 2.84. The van der Waals surface area contributed by atoms with Gasteiger partial charge in [0.1, 0.15) is 11.7 Å². The molecule has 1 aliphatic heterocycles. The van der Waals surface area contributed by atoms with E-state index in [2.05, 4.69) is 5.32 Å². The van der Waals surface area contributed by atoms with Gasteiger partial charge in [-0.3, -0.25) is 4.79 Å². The van der Waals surface area contributed by atoms with E-state index in [0.29, 0.717) is 19.4 Å². The van der Waals surface area contributed by atoms with Gasteiger partial charge in [-0.1, -0.05) is 19.8 Å². The van der Waals surface area contributed by atoms with Crippen molar-refractivity contribution < 1.29 is 14.3 Å². The fraction of sp³-hybridized carbons (Fsp3) is 0.900. The highest BCUT2D eigenvalue weighted by Gasteiger charge is 2.38. The van der Waals surface area contributed by atoms with Gasteiger partial charge in [-0.15, -0.1) is 0 Å². The first kappa shape index (κ1) is 11.4. The molecule has 0 aromatic heterocycles. The van der Waals surface area contributed by atoms with Crippen LogP contribution in [-0.2, 0) is 4.79 Å². The molecule has 0 radical (unpaired) electrons. The summed E-state index contributed by atoms with van der Waals surface area (Å²) in [6, 6.07) is -0.703. The van der Waals surface area contributed by atoms with Crippen molar-refractivity contribution in [1.29, 1.82) is 0 Å². The SMILES string of the molecule is CCCCC1(F)CCNC(C(=O)O)C1. The highest BCUT2D eigenvalue weighted by atomic mass is 19.1. The van der Waals surface area contributed by atoms with Crippen LogP contribution in [0.3, 0.4) is 0 Å². The third-order valence-corrected chi connectivity index (χ3v) is 2.81. The molecule has 0 amide bonds. The number of hydrogen-bond donors (Lipinski definition) is 2. The van der Waals surface area contributed by atoms with Crippen LogP contribution in [0.25, 0.3) is 0 Å². The average Bonchev–Trinajstić information content (AvgIpc) is 2.15. The molecule has 2 N–H and O–H groups in total. The fourth-order valence-electron chi connectivity index (χ4n) is 1.91. The molecule has 1 aliphatic rings. The molecule has 2 atom stereocenters. The van der Waals surface area contributed by atoms with Gasteiger partial charge in [0.2, 0.25) is 0 Å². The quantitative estimate of drug-likeness (QED) is 0.731. The van der Waals surface area contributed by atoms with Crippen molar-refractivity contribution in [3.8, 4) is 0 Å². The second kappa shape index (κ2) is 4.73. The third-order valence-electron chi connectivity index (χ3n) is 2.81. The molecule has 2 unspecified atom stereocenters. The highest BCUT2D eigenvalue weighted by Crippen LogP contribution is 2.31. The van der Waals surface area contributed by atoms with Gasteiger partial charge in [0.25, 0.3) is 0 Å². The summed E-state index contributed by atoms with van der Waals surface area (Å²) in [7, 11) is 0.